The predicted octanol–water partition coefficient (Wildman–Crippen LogP) is 1.43. The molecule has 0 saturated carbocycles. The average Bonchev–Trinajstić information content (AvgIpc) is 2.83. The van der Waals surface area contributed by atoms with Crippen LogP contribution in [0.2, 0.25) is 0 Å². The molecule has 0 aliphatic carbocycles. The lowest BCUT2D eigenvalue weighted by molar-refractivity contribution is 0.214. The number of hydrogen-bond acceptors (Lipinski definition) is 2. The van der Waals surface area contributed by atoms with Gasteiger partial charge in [-0.2, -0.15) is 0 Å². The van der Waals surface area contributed by atoms with E-state index in [0.717, 1.165) is 38.5 Å². The summed E-state index contributed by atoms with van der Waals surface area (Å²) in [6, 6.07) is 0.410. The average molecular weight is 239 g/mol. The summed E-state index contributed by atoms with van der Waals surface area (Å²) in [5, 5.41) is 6.46. The quantitative estimate of drug-likeness (QED) is 0.782. The lowest BCUT2D eigenvalue weighted by Gasteiger charge is -2.26. The molecule has 17 heavy (non-hydrogen) atoms. The fourth-order valence-electron chi connectivity index (χ4n) is 2.57. The highest BCUT2D eigenvalue weighted by atomic mass is 16.2. The van der Waals surface area contributed by atoms with E-state index in [-0.39, 0.29) is 17.5 Å². The molecule has 0 aromatic carbocycles. The lowest BCUT2D eigenvalue weighted by Crippen LogP contribution is -2.38. The third-order valence-corrected chi connectivity index (χ3v) is 4.00. The summed E-state index contributed by atoms with van der Waals surface area (Å²) in [4.78, 5) is 13.8. The number of carbonyl (C=O) groups excluding carboxylic acids is 1. The van der Waals surface area contributed by atoms with E-state index in [9.17, 15) is 4.79 Å². The van der Waals surface area contributed by atoms with Crippen molar-refractivity contribution in [2.45, 2.75) is 39.7 Å². The normalized spacial score (nSPS) is 29.8. The lowest BCUT2D eigenvalue weighted by atomic mass is 9.87. The second-order valence-electron chi connectivity index (χ2n) is 6.46. The van der Waals surface area contributed by atoms with Crippen molar-refractivity contribution in [1.82, 2.24) is 15.5 Å². The summed E-state index contributed by atoms with van der Waals surface area (Å²) < 4.78 is 0. The summed E-state index contributed by atoms with van der Waals surface area (Å²) in [7, 11) is 0. The predicted molar refractivity (Wildman–Crippen MR) is 68.9 cm³/mol. The van der Waals surface area contributed by atoms with E-state index in [1.54, 1.807) is 0 Å². The molecule has 0 spiro atoms. The largest absolute Gasteiger partial charge is 0.333 e. The van der Waals surface area contributed by atoms with Crippen molar-refractivity contribution in [3.05, 3.63) is 0 Å². The molecule has 2 N–H and O–H groups in total. The van der Waals surface area contributed by atoms with E-state index in [2.05, 4.69) is 31.4 Å². The van der Waals surface area contributed by atoms with Crippen LogP contribution < -0.4 is 10.6 Å². The van der Waals surface area contributed by atoms with Crippen molar-refractivity contribution < 1.29 is 4.79 Å². The maximum absolute atomic E-state index is 11.8. The molecule has 0 bridgehead atoms. The second kappa shape index (κ2) is 4.84. The molecular formula is C13H25N3O. The first kappa shape index (κ1) is 12.7. The van der Waals surface area contributed by atoms with E-state index >= 15 is 0 Å². The summed E-state index contributed by atoms with van der Waals surface area (Å²) in [5.41, 5.74) is 0.152. The standard InChI is InChI=1S/C13H25N3O/c1-13(2,3)11-9-16(12(17)15-11)7-5-10-4-6-14-8-10/h10-11,14H,4-9H2,1-3H3,(H,15,17). The van der Waals surface area contributed by atoms with Crippen LogP contribution in [0.5, 0.6) is 0 Å². The molecule has 2 aliphatic rings. The Hall–Kier alpha value is -0.770. The molecule has 4 nitrogen and oxygen atoms in total. The molecule has 0 aromatic rings. The van der Waals surface area contributed by atoms with Gasteiger partial charge in [0.1, 0.15) is 0 Å². The second-order valence-corrected chi connectivity index (χ2v) is 6.46. The van der Waals surface area contributed by atoms with E-state index in [0.29, 0.717) is 0 Å². The molecule has 2 saturated heterocycles. The van der Waals surface area contributed by atoms with Crippen molar-refractivity contribution in [2.75, 3.05) is 26.2 Å². The number of amides is 2. The molecule has 2 aliphatic heterocycles. The highest BCUT2D eigenvalue weighted by molar-refractivity contribution is 5.77. The van der Waals surface area contributed by atoms with Crippen LogP contribution in [0.3, 0.4) is 0 Å². The third kappa shape index (κ3) is 3.12. The monoisotopic (exact) mass is 239 g/mol. The summed E-state index contributed by atoms with van der Waals surface area (Å²) in [6.45, 7) is 10.6. The van der Waals surface area contributed by atoms with Gasteiger partial charge in [0, 0.05) is 13.1 Å². The smallest absolute Gasteiger partial charge is 0.317 e. The zero-order chi connectivity index (χ0) is 12.5. The van der Waals surface area contributed by atoms with Crippen LogP contribution in [-0.4, -0.2) is 43.2 Å². The van der Waals surface area contributed by atoms with Crippen LogP contribution in [0.15, 0.2) is 0 Å². The molecule has 2 heterocycles. The van der Waals surface area contributed by atoms with Crippen molar-refractivity contribution in [2.24, 2.45) is 11.3 Å². The minimum atomic E-state index is 0.121. The van der Waals surface area contributed by atoms with Crippen LogP contribution >= 0.6 is 0 Å². The maximum atomic E-state index is 11.8. The topological polar surface area (TPSA) is 44.4 Å². The Labute approximate surface area is 104 Å². The van der Waals surface area contributed by atoms with Gasteiger partial charge in [-0.1, -0.05) is 20.8 Å². The number of hydrogen-bond donors (Lipinski definition) is 2. The molecule has 2 fully saturated rings. The number of nitrogens with one attached hydrogen (secondary N) is 2. The van der Waals surface area contributed by atoms with Crippen molar-refractivity contribution >= 4 is 6.03 Å². The summed E-state index contributed by atoms with van der Waals surface area (Å²) >= 11 is 0. The van der Waals surface area contributed by atoms with Gasteiger partial charge in [-0.05, 0) is 37.3 Å². The Morgan fingerprint density at radius 1 is 1.41 bits per heavy atom. The van der Waals surface area contributed by atoms with E-state index in [1.165, 1.54) is 6.42 Å². The van der Waals surface area contributed by atoms with Gasteiger partial charge in [0.05, 0.1) is 6.04 Å². The van der Waals surface area contributed by atoms with E-state index < -0.39 is 0 Å². The molecular weight excluding hydrogens is 214 g/mol. The van der Waals surface area contributed by atoms with Crippen LogP contribution in [0, 0.1) is 11.3 Å². The minimum Gasteiger partial charge on any atom is -0.333 e. The molecule has 0 radical (unpaired) electrons. The minimum absolute atomic E-state index is 0.121. The molecule has 0 aromatic heterocycles. The fraction of sp³-hybridized carbons (Fsp3) is 0.923. The molecule has 2 rings (SSSR count). The first-order chi connectivity index (χ1) is 7.97. The number of carbonyl (C=O) groups is 1. The third-order valence-electron chi connectivity index (χ3n) is 4.00. The fourth-order valence-corrected chi connectivity index (χ4v) is 2.57. The highest BCUT2D eigenvalue weighted by Gasteiger charge is 2.36. The van der Waals surface area contributed by atoms with E-state index in [4.69, 9.17) is 0 Å². The van der Waals surface area contributed by atoms with E-state index in [1.807, 2.05) is 4.90 Å². The van der Waals surface area contributed by atoms with Gasteiger partial charge >= 0.3 is 6.03 Å². The van der Waals surface area contributed by atoms with Gasteiger partial charge in [-0.25, -0.2) is 4.79 Å². The molecule has 2 amide bonds. The van der Waals surface area contributed by atoms with Crippen molar-refractivity contribution in [3.8, 4) is 0 Å². The van der Waals surface area contributed by atoms with Crippen molar-refractivity contribution in [1.29, 1.82) is 0 Å². The highest BCUT2D eigenvalue weighted by Crippen LogP contribution is 2.24. The molecule has 4 heteroatoms. The Morgan fingerprint density at radius 3 is 2.71 bits per heavy atom. The van der Waals surface area contributed by atoms with Crippen LogP contribution in [0.25, 0.3) is 0 Å². The number of rotatable bonds is 3. The SMILES string of the molecule is CC(C)(C)C1CN(CCC2CCNC2)C(=O)N1. The Bertz CT molecular complexity index is 279. The van der Waals surface area contributed by atoms with Gasteiger partial charge in [0.25, 0.3) is 0 Å². The van der Waals surface area contributed by atoms with Gasteiger partial charge in [-0.15, -0.1) is 0 Å². The summed E-state index contributed by atoms with van der Waals surface area (Å²) in [5.74, 6) is 0.761. The zero-order valence-electron chi connectivity index (χ0n) is 11.3. The van der Waals surface area contributed by atoms with Crippen molar-refractivity contribution in [3.63, 3.8) is 0 Å². The molecule has 98 valence electrons. The van der Waals surface area contributed by atoms with Crippen LogP contribution in [0.1, 0.15) is 33.6 Å². The number of urea groups is 1. The molecule has 2 unspecified atom stereocenters. The summed E-state index contributed by atoms with van der Waals surface area (Å²) in [6.07, 6.45) is 2.40. The van der Waals surface area contributed by atoms with Crippen LogP contribution in [-0.2, 0) is 0 Å². The van der Waals surface area contributed by atoms with Gasteiger partial charge in [-0.3, -0.25) is 0 Å². The zero-order valence-corrected chi connectivity index (χ0v) is 11.3. The number of nitrogens with zero attached hydrogens (tertiary/aromatic N) is 1. The van der Waals surface area contributed by atoms with Gasteiger partial charge < -0.3 is 15.5 Å². The first-order valence-electron chi connectivity index (χ1n) is 6.73. The van der Waals surface area contributed by atoms with Crippen LogP contribution in [0.4, 0.5) is 4.79 Å². The maximum Gasteiger partial charge on any atom is 0.317 e. The first-order valence-corrected chi connectivity index (χ1v) is 6.73. The van der Waals surface area contributed by atoms with Gasteiger partial charge in [0.2, 0.25) is 0 Å². The molecule has 2 atom stereocenters. The Kier molecular flexibility index (Phi) is 3.61. The Balaban J connectivity index is 1.79. The Morgan fingerprint density at radius 2 is 2.18 bits per heavy atom. The van der Waals surface area contributed by atoms with Gasteiger partial charge in [0.15, 0.2) is 0 Å².